The van der Waals surface area contributed by atoms with Crippen LogP contribution in [0.5, 0.6) is 11.5 Å². The van der Waals surface area contributed by atoms with E-state index in [2.05, 4.69) is 90.1 Å². The molecule has 2 rings (SSSR count). The van der Waals surface area contributed by atoms with Crippen LogP contribution in [0, 0.1) is 7.14 Å². The number of rotatable bonds is 12. The summed E-state index contributed by atoms with van der Waals surface area (Å²) in [5.41, 5.74) is 0. The van der Waals surface area contributed by atoms with E-state index in [9.17, 15) is 0 Å². The Hall–Kier alpha value is -0.796. The van der Waals surface area contributed by atoms with Crippen LogP contribution >= 0.6 is 0 Å². The molecule has 0 fully saturated rings. The average molecular weight is 542 g/mol. The van der Waals surface area contributed by atoms with Gasteiger partial charge in [0.05, 0.1) is 0 Å². The SMILES string of the molecule is CC[Si](CC)(CC)Oc1ccc([I-]c2ccc(O[Si](CC)(CC)CC)cc2)cc1. The van der Waals surface area contributed by atoms with Gasteiger partial charge in [0.25, 0.3) is 0 Å². The van der Waals surface area contributed by atoms with E-state index in [4.69, 9.17) is 8.85 Å². The Morgan fingerprint density at radius 2 is 0.793 bits per heavy atom. The van der Waals surface area contributed by atoms with E-state index in [1.54, 1.807) is 0 Å². The fraction of sp³-hybridized carbons (Fsp3) is 0.500. The number of hydrogen-bond donors (Lipinski definition) is 0. The van der Waals surface area contributed by atoms with Gasteiger partial charge in [-0.25, -0.2) is 0 Å². The number of halogens is 1. The fourth-order valence-corrected chi connectivity index (χ4v) is 11.0. The normalized spacial score (nSPS) is 12.2. The summed E-state index contributed by atoms with van der Waals surface area (Å²) in [7, 11) is -3.17. The Kier molecular flexibility index (Phi) is 9.75. The third-order valence-electron chi connectivity index (χ3n) is 6.38. The summed E-state index contributed by atoms with van der Waals surface area (Å²) in [5.74, 6) is 2.11. The van der Waals surface area contributed by atoms with Crippen LogP contribution in [0.3, 0.4) is 0 Å². The second-order valence-corrected chi connectivity index (χ2v) is 20.1. The molecule has 0 saturated carbocycles. The summed E-state index contributed by atoms with van der Waals surface area (Å²) in [6.07, 6.45) is 0. The van der Waals surface area contributed by atoms with Crippen molar-refractivity contribution in [3.05, 3.63) is 55.7 Å². The zero-order valence-corrected chi connectivity index (χ0v) is 23.2. The van der Waals surface area contributed by atoms with Gasteiger partial charge in [-0.1, -0.05) is 0 Å². The topological polar surface area (TPSA) is 18.5 Å². The molecule has 2 aromatic carbocycles. The molecular formula is C24H38IO2Si2-. The summed E-state index contributed by atoms with van der Waals surface area (Å²) < 4.78 is 15.8. The Balaban J connectivity index is 2.02. The molecule has 0 unspecified atom stereocenters. The van der Waals surface area contributed by atoms with Crippen LogP contribution in [0.25, 0.3) is 0 Å². The van der Waals surface area contributed by atoms with Crippen molar-refractivity contribution in [3.8, 4) is 11.5 Å². The second-order valence-electron chi connectivity index (χ2n) is 7.69. The molecular weight excluding hydrogens is 503 g/mol. The van der Waals surface area contributed by atoms with Gasteiger partial charge in [0.15, 0.2) is 0 Å². The van der Waals surface area contributed by atoms with E-state index < -0.39 is 16.6 Å². The van der Waals surface area contributed by atoms with E-state index in [1.807, 2.05) is 0 Å². The molecule has 29 heavy (non-hydrogen) atoms. The van der Waals surface area contributed by atoms with Gasteiger partial charge < -0.3 is 0 Å². The van der Waals surface area contributed by atoms with Crippen LogP contribution < -0.4 is 30.1 Å². The van der Waals surface area contributed by atoms with E-state index >= 15 is 0 Å². The van der Waals surface area contributed by atoms with E-state index in [-0.39, 0.29) is 21.2 Å². The second kappa shape index (κ2) is 11.6. The van der Waals surface area contributed by atoms with Gasteiger partial charge in [0.1, 0.15) is 0 Å². The van der Waals surface area contributed by atoms with Crippen molar-refractivity contribution in [3.63, 3.8) is 0 Å². The van der Waals surface area contributed by atoms with Crippen LogP contribution in [0.4, 0.5) is 0 Å². The zero-order valence-electron chi connectivity index (χ0n) is 19.1. The van der Waals surface area contributed by atoms with Gasteiger partial charge in [-0.15, -0.1) is 0 Å². The minimum absolute atomic E-state index is 0.176. The van der Waals surface area contributed by atoms with Gasteiger partial charge in [0.2, 0.25) is 0 Å². The Labute approximate surface area is 190 Å². The molecule has 0 radical (unpaired) electrons. The van der Waals surface area contributed by atoms with Gasteiger partial charge >= 0.3 is 192 Å². The van der Waals surface area contributed by atoms with E-state index in [1.165, 1.54) is 43.4 Å². The summed E-state index contributed by atoms with van der Waals surface area (Å²) in [6, 6.07) is 24.9. The first-order valence-electron chi connectivity index (χ1n) is 11.2. The Bertz CT molecular complexity index is 644. The van der Waals surface area contributed by atoms with Crippen molar-refractivity contribution in [2.45, 2.75) is 77.8 Å². The van der Waals surface area contributed by atoms with Crippen molar-refractivity contribution in [2.24, 2.45) is 0 Å². The van der Waals surface area contributed by atoms with Crippen molar-refractivity contribution >= 4 is 16.6 Å². The van der Waals surface area contributed by atoms with E-state index in [0.717, 1.165) is 11.5 Å². The fourth-order valence-electron chi connectivity index (χ4n) is 3.69. The van der Waals surface area contributed by atoms with Gasteiger partial charge in [-0.05, 0) is 0 Å². The van der Waals surface area contributed by atoms with Crippen molar-refractivity contribution in [1.82, 2.24) is 0 Å². The molecule has 0 heterocycles. The standard InChI is InChI=1S/C24H38IO2Si2/c1-7-28(8-2,9-3)26-23-17-13-21(14-18-23)25-22-15-19-24(20-16-22)27-29(10-4,11-5)12-6/h13-20H,7-12H2,1-6H3/q-1. The van der Waals surface area contributed by atoms with Crippen LogP contribution in [-0.2, 0) is 0 Å². The first-order valence-corrected chi connectivity index (χ1v) is 18.4. The molecule has 0 bridgehead atoms. The molecule has 0 amide bonds. The first-order chi connectivity index (χ1) is 14.0. The van der Waals surface area contributed by atoms with Crippen molar-refractivity contribution in [1.29, 1.82) is 0 Å². The maximum atomic E-state index is 6.49. The molecule has 0 aromatic heterocycles. The molecule has 5 heteroatoms. The summed E-state index contributed by atoms with van der Waals surface area (Å²) >= 11 is -0.176. The third-order valence-corrected chi connectivity index (χ3v) is 18.1. The molecule has 0 atom stereocenters. The van der Waals surface area contributed by atoms with Crippen LogP contribution in [0.2, 0.25) is 36.3 Å². The maximum absolute atomic E-state index is 6.49. The van der Waals surface area contributed by atoms with Gasteiger partial charge in [-0.2, -0.15) is 0 Å². The number of hydrogen-bond acceptors (Lipinski definition) is 2. The van der Waals surface area contributed by atoms with Gasteiger partial charge in [-0.3, -0.25) is 0 Å². The Morgan fingerprint density at radius 3 is 1.03 bits per heavy atom. The number of benzene rings is 2. The molecule has 0 spiro atoms. The van der Waals surface area contributed by atoms with Crippen molar-refractivity contribution in [2.75, 3.05) is 0 Å². The van der Waals surface area contributed by atoms with Crippen molar-refractivity contribution < 1.29 is 30.1 Å². The first kappa shape index (κ1) is 24.5. The molecule has 0 N–H and O–H groups in total. The molecule has 0 aliphatic rings. The van der Waals surface area contributed by atoms with E-state index in [0.29, 0.717) is 0 Å². The quantitative estimate of drug-likeness (QED) is 0.289. The molecule has 162 valence electrons. The predicted octanol–water partition coefficient (Wildman–Crippen LogP) is 4.58. The minimum atomic E-state index is -1.59. The summed E-state index contributed by atoms with van der Waals surface area (Å²) in [5, 5.41) is 0. The Morgan fingerprint density at radius 1 is 0.517 bits per heavy atom. The molecule has 0 aliphatic heterocycles. The monoisotopic (exact) mass is 541 g/mol. The van der Waals surface area contributed by atoms with Crippen LogP contribution in [0.15, 0.2) is 48.5 Å². The predicted molar refractivity (Wildman–Crippen MR) is 126 cm³/mol. The summed E-state index contributed by atoms with van der Waals surface area (Å²) in [6.45, 7) is 13.7. The molecule has 0 saturated heterocycles. The summed E-state index contributed by atoms with van der Waals surface area (Å²) in [4.78, 5) is 0. The molecule has 0 aliphatic carbocycles. The zero-order chi connectivity index (χ0) is 21.3. The van der Waals surface area contributed by atoms with Crippen LogP contribution in [-0.4, -0.2) is 16.6 Å². The van der Waals surface area contributed by atoms with Crippen LogP contribution in [0.1, 0.15) is 41.5 Å². The average Bonchev–Trinajstić information content (AvgIpc) is 2.78. The molecule has 2 aromatic rings. The third kappa shape index (κ3) is 6.59. The van der Waals surface area contributed by atoms with Gasteiger partial charge in [0, 0.05) is 0 Å². The molecule has 2 nitrogen and oxygen atoms in total.